The summed E-state index contributed by atoms with van der Waals surface area (Å²) in [6.07, 6.45) is 1.60. The van der Waals surface area contributed by atoms with Gasteiger partial charge in [-0.2, -0.15) is 0 Å². The first-order valence-corrected chi connectivity index (χ1v) is 7.55. The van der Waals surface area contributed by atoms with Crippen molar-refractivity contribution >= 4 is 17.9 Å². The van der Waals surface area contributed by atoms with Crippen LogP contribution in [0.25, 0.3) is 6.08 Å². The number of hydrogen-bond donors (Lipinski definition) is 0. The van der Waals surface area contributed by atoms with Crippen molar-refractivity contribution in [3.63, 3.8) is 0 Å². The van der Waals surface area contributed by atoms with Gasteiger partial charge in [-0.05, 0) is 30.3 Å². The summed E-state index contributed by atoms with van der Waals surface area (Å²) in [6, 6.07) is 12.7. The lowest BCUT2D eigenvalue weighted by Crippen LogP contribution is -2.05. The molecule has 0 radical (unpaired) electrons. The van der Waals surface area contributed by atoms with Gasteiger partial charge in [-0.25, -0.2) is 9.79 Å². The molecule has 0 N–H and O–H groups in total. The Kier molecular flexibility index (Phi) is 4.70. The van der Waals surface area contributed by atoms with Crippen LogP contribution >= 0.6 is 0 Å². The van der Waals surface area contributed by atoms with Crippen LogP contribution in [-0.4, -0.2) is 33.2 Å². The van der Waals surface area contributed by atoms with E-state index in [1.807, 2.05) is 30.3 Å². The number of ether oxygens (including phenoxy) is 4. The molecule has 0 fully saturated rings. The summed E-state index contributed by atoms with van der Waals surface area (Å²) in [5.41, 5.74) is 1.55. The number of rotatable bonds is 5. The number of carbonyl (C=O) groups excluding carboxylic acids is 1. The topological polar surface area (TPSA) is 66.4 Å². The number of hydrogen-bond acceptors (Lipinski definition) is 6. The van der Waals surface area contributed by atoms with Crippen LogP contribution in [0.5, 0.6) is 17.2 Å². The van der Waals surface area contributed by atoms with Gasteiger partial charge in [-0.3, -0.25) is 0 Å². The minimum atomic E-state index is -0.518. The van der Waals surface area contributed by atoms with E-state index in [0.29, 0.717) is 22.8 Å². The molecule has 128 valence electrons. The van der Waals surface area contributed by atoms with E-state index in [0.717, 1.165) is 5.56 Å². The highest BCUT2D eigenvalue weighted by atomic mass is 16.6. The summed E-state index contributed by atoms with van der Waals surface area (Å²) in [6.45, 7) is 0. The second kappa shape index (κ2) is 7.09. The number of cyclic esters (lactones) is 1. The van der Waals surface area contributed by atoms with E-state index < -0.39 is 5.97 Å². The van der Waals surface area contributed by atoms with Crippen molar-refractivity contribution in [2.75, 3.05) is 21.3 Å². The summed E-state index contributed by atoms with van der Waals surface area (Å²) < 4.78 is 21.3. The van der Waals surface area contributed by atoms with Crippen molar-refractivity contribution in [2.24, 2.45) is 4.99 Å². The van der Waals surface area contributed by atoms with Crippen LogP contribution in [0.3, 0.4) is 0 Å². The van der Waals surface area contributed by atoms with Crippen LogP contribution in [0, 0.1) is 0 Å². The van der Waals surface area contributed by atoms with Gasteiger partial charge in [0.2, 0.25) is 11.6 Å². The number of aliphatic imine (C=N–C) groups is 1. The Hall–Kier alpha value is -3.28. The Labute approximate surface area is 145 Å². The zero-order valence-electron chi connectivity index (χ0n) is 14.1. The number of benzene rings is 2. The molecule has 1 aliphatic rings. The molecular formula is C19H17NO5. The van der Waals surface area contributed by atoms with E-state index in [4.69, 9.17) is 18.9 Å². The van der Waals surface area contributed by atoms with Gasteiger partial charge < -0.3 is 18.9 Å². The maximum absolute atomic E-state index is 12.1. The predicted molar refractivity (Wildman–Crippen MR) is 93.1 cm³/mol. The molecule has 0 atom stereocenters. The molecule has 1 aliphatic heterocycles. The summed E-state index contributed by atoms with van der Waals surface area (Å²) in [5.74, 6) is 1.18. The molecule has 0 bridgehead atoms. The molecule has 0 aromatic heterocycles. The molecule has 0 amide bonds. The number of methoxy groups -OCH3 is 3. The highest BCUT2D eigenvalue weighted by Crippen LogP contribution is 2.40. The average molecular weight is 339 g/mol. The fourth-order valence-electron chi connectivity index (χ4n) is 2.50. The quantitative estimate of drug-likeness (QED) is 0.619. The fraction of sp³-hybridized carbons (Fsp3) is 0.158. The molecular weight excluding hydrogens is 322 g/mol. The first-order valence-electron chi connectivity index (χ1n) is 7.55. The first-order chi connectivity index (χ1) is 12.2. The zero-order valence-corrected chi connectivity index (χ0v) is 14.1. The number of carbonyl (C=O) groups is 1. The molecule has 2 aromatic carbocycles. The second-order valence-corrected chi connectivity index (χ2v) is 5.13. The minimum Gasteiger partial charge on any atom is -0.493 e. The van der Waals surface area contributed by atoms with E-state index >= 15 is 0 Å². The Morgan fingerprint density at radius 2 is 1.64 bits per heavy atom. The highest BCUT2D eigenvalue weighted by molar-refractivity contribution is 6.13. The summed E-state index contributed by atoms with van der Waals surface area (Å²) in [7, 11) is 4.58. The van der Waals surface area contributed by atoms with Gasteiger partial charge in [0.15, 0.2) is 17.2 Å². The van der Waals surface area contributed by atoms with Crippen molar-refractivity contribution in [3.8, 4) is 17.2 Å². The molecule has 0 saturated heterocycles. The molecule has 2 aromatic rings. The van der Waals surface area contributed by atoms with Gasteiger partial charge in [-0.15, -0.1) is 0 Å². The largest absolute Gasteiger partial charge is 0.493 e. The van der Waals surface area contributed by atoms with Crippen LogP contribution in [0.4, 0.5) is 0 Å². The SMILES string of the molecule is COc1ccc(/C=C2/N=C(c3ccccc3)OC2=O)c(OC)c1OC. The van der Waals surface area contributed by atoms with E-state index in [1.54, 1.807) is 25.3 Å². The van der Waals surface area contributed by atoms with Crippen LogP contribution < -0.4 is 14.2 Å². The third-order valence-corrected chi connectivity index (χ3v) is 3.67. The van der Waals surface area contributed by atoms with Crippen molar-refractivity contribution in [3.05, 3.63) is 59.3 Å². The Balaban J connectivity index is 2.03. The summed E-state index contributed by atoms with van der Waals surface area (Å²) in [5, 5.41) is 0. The third kappa shape index (κ3) is 3.19. The van der Waals surface area contributed by atoms with Crippen molar-refractivity contribution in [1.82, 2.24) is 0 Å². The smallest absolute Gasteiger partial charge is 0.363 e. The van der Waals surface area contributed by atoms with Gasteiger partial charge in [0.05, 0.1) is 21.3 Å². The maximum atomic E-state index is 12.1. The minimum absolute atomic E-state index is 0.185. The zero-order chi connectivity index (χ0) is 17.8. The van der Waals surface area contributed by atoms with E-state index in [9.17, 15) is 4.79 Å². The molecule has 6 heteroatoms. The second-order valence-electron chi connectivity index (χ2n) is 5.13. The maximum Gasteiger partial charge on any atom is 0.363 e. The first kappa shape index (κ1) is 16.6. The molecule has 0 saturated carbocycles. The molecule has 6 nitrogen and oxygen atoms in total. The summed E-state index contributed by atoms with van der Waals surface area (Å²) in [4.78, 5) is 16.4. The average Bonchev–Trinajstić information content (AvgIpc) is 3.02. The molecule has 1 heterocycles. The Bertz CT molecular complexity index is 856. The van der Waals surface area contributed by atoms with Crippen molar-refractivity contribution < 1.29 is 23.7 Å². The molecule has 0 unspecified atom stereocenters. The monoisotopic (exact) mass is 339 g/mol. The van der Waals surface area contributed by atoms with Crippen LogP contribution in [-0.2, 0) is 9.53 Å². The Morgan fingerprint density at radius 3 is 2.28 bits per heavy atom. The normalized spacial score (nSPS) is 14.9. The van der Waals surface area contributed by atoms with E-state index in [-0.39, 0.29) is 11.6 Å². The molecule has 25 heavy (non-hydrogen) atoms. The van der Waals surface area contributed by atoms with E-state index in [2.05, 4.69) is 4.99 Å². The van der Waals surface area contributed by atoms with Crippen LogP contribution in [0.2, 0.25) is 0 Å². The van der Waals surface area contributed by atoms with E-state index in [1.165, 1.54) is 14.2 Å². The van der Waals surface area contributed by atoms with Gasteiger partial charge in [-0.1, -0.05) is 18.2 Å². The lowest BCUT2D eigenvalue weighted by molar-refractivity contribution is -0.129. The fourth-order valence-corrected chi connectivity index (χ4v) is 2.50. The van der Waals surface area contributed by atoms with Crippen LogP contribution in [0.15, 0.2) is 53.2 Å². The lowest BCUT2D eigenvalue weighted by Gasteiger charge is -2.14. The predicted octanol–water partition coefficient (Wildman–Crippen LogP) is 3.06. The standard InChI is InChI=1S/C19H17NO5/c1-22-15-10-9-13(16(23-2)17(15)24-3)11-14-19(21)25-18(20-14)12-7-5-4-6-8-12/h4-11H,1-3H3/b14-11+. The third-order valence-electron chi connectivity index (χ3n) is 3.67. The molecule has 0 aliphatic carbocycles. The number of esters is 1. The molecule has 3 rings (SSSR count). The summed E-state index contributed by atoms with van der Waals surface area (Å²) >= 11 is 0. The highest BCUT2D eigenvalue weighted by Gasteiger charge is 2.25. The Morgan fingerprint density at radius 1 is 0.920 bits per heavy atom. The lowest BCUT2D eigenvalue weighted by atomic mass is 10.1. The van der Waals surface area contributed by atoms with Crippen molar-refractivity contribution in [1.29, 1.82) is 0 Å². The van der Waals surface area contributed by atoms with Crippen molar-refractivity contribution in [2.45, 2.75) is 0 Å². The van der Waals surface area contributed by atoms with Crippen LogP contribution in [0.1, 0.15) is 11.1 Å². The van der Waals surface area contributed by atoms with Gasteiger partial charge in [0, 0.05) is 11.1 Å². The van der Waals surface area contributed by atoms with Gasteiger partial charge >= 0.3 is 5.97 Å². The number of nitrogens with zero attached hydrogens (tertiary/aromatic N) is 1. The van der Waals surface area contributed by atoms with Gasteiger partial charge in [0.1, 0.15) is 0 Å². The van der Waals surface area contributed by atoms with Gasteiger partial charge in [0.25, 0.3) is 0 Å². The molecule has 0 spiro atoms.